The Morgan fingerprint density at radius 1 is 1.14 bits per heavy atom. The molecule has 2 aromatic carbocycles. The fraction of sp³-hybridized carbons (Fsp3) is 0. The molecule has 2 rings (SSSR count). The number of carboxylic acid groups (broad SMARTS) is 1. The highest BCUT2D eigenvalue weighted by atomic mass is 32.2. The molecule has 1 amide bonds. The second kappa shape index (κ2) is 6.24. The van der Waals surface area contributed by atoms with Crippen molar-refractivity contribution >= 4 is 23.5 Å². The van der Waals surface area contributed by atoms with Gasteiger partial charge in [-0.2, -0.15) is 5.26 Å². The van der Waals surface area contributed by atoms with Crippen LogP contribution in [0.1, 0.15) is 5.56 Å². The fourth-order valence-electron chi connectivity index (χ4n) is 1.63. The van der Waals surface area contributed by atoms with Crippen molar-refractivity contribution < 1.29 is 18.7 Å². The van der Waals surface area contributed by atoms with Gasteiger partial charge in [0.1, 0.15) is 17.7 Å². The summed E-state index contributed by atoms with van der Waals surface area (Å²) in [6.45, 7) is 0. The Morgan fingerprint density at radius 3 is 2.38 bits per heavy atom. The van der Waals surface area contributed by atoms with Gasteiger partial charge in [0.05, 0.1) is 11.3 Å². The number of benzene rings is 2. The number of nitrogens with zero attached hydrogens (tertiary/aromatic N) is 1. The average molecular weight is 306 g/mol. The highest BCUT2D eigenvalue weighted by Crippen LogP contribution is 2.31. The number of hydrogen-bond donors (Lipinski definition) is 2. The minimum absolute atomic E-state index is 0.124. The van der Waals surface area contributed by atoms with Gasteiger partial charge in [0.25, 0.3) is 0 Å². The van der Waals surface area contributed by atoms with Gasteiger partial charge in [0, 0.05) is 15.9 Å². The Morgan fingerprint density at radius 2 is 1.81 bits per heavy atom. The predicted octanol–water partition coefficient (Wildman–Crippen LogP) is 4.08. The predicted molar refractivity (Wildman–Crippen MR) is 73.3 cm³/mol. The molecular formula is C14H8F2N2O2S. The molecule has 7 heteroatoms. The zero-order valence-electron chi connectivity index (χ0n) is 10.4. The first-order chi connectivity index (χ1) is 9.97. The van der Waals surface area contributed by atoms with Crippen LogP contribution in [0.15, 0.2) is 46.2 Å². The lowest BCUT2D eigenvalue weighted by Gasteiger charge is -2.07. The van der Waals surface area contributed by atoms with Crippen LogP contribution < -0.4 is 5.32 Å². The molecule has 106 valence electrons. The van der Waals surface area contributed by atoms with E-state index in [4.69, 9.17) is 10.4 Å². The van der Waals surface area contributed by atoms with Crippen LogP contribution >= 0.6 is 11.8 Å². The van der Waals surface area contributed by atoms with E-state index in [2.05, 4.69) is 5.32 Å². The van der Waals surface area contributed by atoms with Crippen molar-refractivity contribution in [3.05, 3.63) is 53.6 Å². The second-order valence-electron chi connectivity index (χ2n) is 3.96. The zero-order valence-corrected chi connectivity index (χ0v) is 11.2. The van der Waals surface area contributed by atoms with Gasteiger partial charge in [-0.3, -0.25) is 5.32 Å². The van der Waals surface area contributed by atoms with Gasteiger partial charge in [0.2, 0.25) is 0 Å². The molecule has 0 radical (unpaired) electrons. The summed E-state index contributed by atoms with van der Waals surface area (Å²) in [5.74, 6) is -1.38. The molecule has 0 atom stereocenters. The van der Waals surface area contributed by atoms with Gasteiger partial charge >= 0.3 is 6.09 Å². The van der Waals surface area contributed by atoms with Crippen molar-refractivity contribution in [2.24, 2.45) is 0 Å². The first kappa shape index (κ1) is 14.8. The molecule has 0 unspecified atom stereocenters. The van der Waals surface area contributed by atoms with E-state index in [0.717, 1.165) is 17.8 Å². The van der Waals surface area contributed by atoms with Crippen molar-refractivity contribution in [1.29, 1.82) is 5.26 Å². The third-order valence-electron chi connectivity index (χ3n) is 2.42. The molecule has 0 saturated carbocycles. The van der Waals surface area contributed by atoms with E-state index >= 15 is 0 Å². The summed E-state index contributed by atoms with van der Waals surface area (Å²) < 4.78 is 26.2. The number of rotatable bonds is 3. The standard InChI is InChI=1S/C14H8F2N2O2S/c15-9-4-10(16)6-12(5-9)21-11-1-2-13(18-14(19)20)8(3-11)7-17/h1-6,18H,(H,19,20). The molecule has 0 aliphatic heterocycles. The van der Waals surface area contributed by atoms with Crippen LogP contribution in [-0.2, 0) is 0 Å². The van der Waals surface area contributed by atoms with Crippen molar-refractivity contribution in [2.75, 3.05) is 5.32 Å². The lowest BCUT2D eigenvalue weighted by molar-refractivity contribution is 0.209. The van der Waals surface area contributed by atoms with E-state index in [1.165, 1.54) is 24.3 Å². The lowest BCUT2D eigenvalue weighted by Crippen LogP contribution is -2.08. The van der Waals surface area contributed by atoms with Gasteiger partial charge in [-0.1, -0.05) is 11.8 Å². The van der Waals surface area contributed by atoms with Crippen molar-refractivity contribution in [3.63, 3.8) is 0 Å². The minimum atomic E-state index is -1.28. The van der Waals surface area contributed by atoms with Gasteiger partial charge in [0.15, 0.2) is 0 Å². The van der Waals surface area contributed by atoms with Crippen molar-refractivity contribution in [3.8, 4) is 6.07 Å². The van der Waals surface area contributed by atoms with E-state index in [0.29, 0.717) is 9.79 Å². The molecule has 0 aromatic heterocycles. The van der Waals surface area contributed by atoms with E-state index in [9.17, 15) is 13.6 Å². The quantitative estimate of drug-likeness (QED) is 0.896. The number of nitriles is 1. The molecule has 2 aromatic rings. The van der Waals surface area contributed by atoms with Crippen molar-refractivity contribution in [1.82, 2.24) is 0 Å². The number of halogens is 2. The van der Waals surface area contributed by atoms with E-state index in [1.807, 2.05) is 6.07 Å². The molecule has 0 aliphatic rings. The minimum Gasteiger partial charge on any atom is -0.465 e. The Hall–Kier alpha value is -2.59. The molecule has 0 spiro atoms. The summed E-state index contributed by atoms with van der Waals surface area (Å²) in [5, 5.41) is 19.7. The topological polar surface area (TPSA) is 73.1 Å². The van der Waals surface area contributed by atoms with Crippen LogP contribution in [0.4, 0.5) is 19.3 Å². The first-order valence-electron chi connectivity index (χ1n) is 5.66. The maximum absolute atomic E-state index is 13.1. The van der Waals surface area contributed by atoms with E-state index in [-0.39, 0.29) is 11.3 Å². The highest BCUT2D eigenvalue weighted by molar-refractivity contribution is 7.99. The maximum atomic E-state index is 13.1. The summed E-state index contributed by atoms with van der Waals surface area (Å²) in [6.07, 6.45) is -1.28. The van der Waals surface area contributed by atoms with E-state index < -0.39 is 17.7 Å². The Kier molecular flexibility index (Phi) is 4.40. The number of carbonyl (C=O) groups is 1. The number of hydrogen-bond acceptors (Lipinski definition) is 3. The lowest BCUT2D eigenvalue weighted by atomic mass is 10.2. The highest BCUT2D eigenvalue weighted by Gasteiger charge is 2.08. The monoisotopic (exact) mass is 306 g/mol. The van der Waals surface area contributed by atoms with Gasteiger partial charge in [-0.05, 0) is 30.3 Å². The molecule has 0 bridgehead atoms. The Bertz CT molecular complexity index is 724. The first-order valence-corrected chi connectivity index (χ1v) is 6.47. The average Bonchev–Trinajstić information content (AvgIpc) is 2.38. The van der Waals surface area contributed by atoms with Crippen LogP contribution in [0, 0.1) is 23.0 Å². The smallest absolute Gasteiger partial charge is 0.409 e. The maximum Gasteiger partial charge on any atom is 0.409 e. The van der Waals surface area contributed by atoms with Gasteiger partial charge in [-0.25, -0.2) is 13.6 Å². The summed E-state index contributed by atoms with van der Waals surface area (Å²) >= 11 is 1.07. The summed E-state index contributed by atoms with van der Waals surface area (Å²) in [5.41, 5.74) is 0.277. The summed E-state index contributed by atoms with van der Waals surface area (Å²) in [4.78, 5) is 11.5. The number of anilines is 1. The Labute approximate surface area is 123 Å². The van der Waals surface area contributed by atoms with Crippen LogP contribution in [-0.4, -0.2) is 11.2 Å². The van der Waals surface area contributed by atoms with E-state index in [1.54, 1.807) is 6.07 Å². The largest absolute Gasteiger partial charge is 0.465 e. The second-order valence-corrected chi connectivity index (χ2v) is 5.10. The molecule has 0 fully saturated rings. The van der Waals surface area contributed by atoms with Crippen LogP contribution in [0.25, 0.3) is 0 Å². The van der Waals surface area contributed by atoms with Crippen LogP contribution in [0.2, 0.25) is 0 Å². The van der Waals surface area contributed by atoms with Gasteiger partial charge in [-0.15, -0.1) is 0 Å². The molecule has 0 heterocycles. The summed E-state index contributed by atoms with van der Waals surface area (Å²) in [7, 11) is 0. The number of nitrogens with one attached hydrogen (secondary N) is 1. The van der Waals surface area contributed by atoms with Gasteiger partial charge < -0.3 is 5.11 Å². The van der Waals surface area contributed by atoms with Crippen LogP contribution in [0.5, 0.6) is 0 Å². The normalized spacial score (nSPS) is 9.95. The molecule has 2 N–H and O–H groups in total. The molecular weight excluding hydrogens is 298 g/mol. The van der Waals surface area contributed by atoms with Crippen LogP contribution in [0.3, 0.4) is 0 Å². The molecule has 0 saturated heterocycles. The summed E-state index contributed by atoms with van der Waals surface area (Å²) in [6, 6.07) is 9.39. The molecule has 4 nitrogen and oxygen atoms in total. The Balaban J connectivity index is 2.29. The van der Waals surface area contributed by atoms with Crippen molar-refractivity contribution in [2.45, 2.75) is 9.79 Å². The number of amides is 1. The third-order valence-corrected chi connectivity index (χ3v) is 3.39. The molecule has 21 heavy (non-hydrogen) atoms. The molecule has 0 aliphatic carbocycles. The zero-order chi connectivity index (χ0) is 15.4. The SMILES string of the molecule is N#Cc1cc(Sc2cc(F)cc(F)c2)ccc1NC(=O)O. The third kappa shape index (κ3) is 3.94. The fourth-order valence-corrected chi connectivity index (χ4v) is 2.56.